The second-order valence-electron chi connectivity index (χ2n) is 9.12. The molecule has 1 aromatic heterocycles. The van der Waals surface area contributed by atoms with Gasteiger partial charge in [-0.25, -0.2) is 4.39 Å². The van der Waals surface area contributed by atoms with Crippen molar-refractivity contribution in [3.05, 3.63) is 41.4 Å². The van der Waals surface area contributed by atoms with E-state index in [9.17, 15) is 4.39 Å². The van der Waals surface area contributed by atoms with Crippen molar-refractivity contribution in [1.82, 2.24) is 15.4 Å². The normalized spacial score (nSPS) is 23.0. The second-order valence-corrected chi connectivity index (χ2v) is 9.12. The van der Waals surface area contributed by atoms with E-state index < -0.39 is 0 Å². The summed E-state index contributed by atoms with van der Waals surface area (Å²) in [5.41, 5.74) is 2.94. The average Bonchev–Trinajstić information content (AvgIpc) is 2.95. The van der Waals surface area contributed by atoms with Crippen molar-refractivity contribution in [2.45, 2.75) is 70.6 Å². The number of fused-ring (bicyclic) bond motifs is 1. The SMILES string of the molecule is CC1(C)CC(N2CCc3onc(-c4cccc(F)c4)c3C2)CC(C)(C)N1. The van der Waals surface area contributed by atoms with E-state index in [0.29, 0.717) is 6.04 Å². The summed E-state index contributed by atoms with van der Waals surface area (Å²) < 4.78 is 19.2. The minimum atomic E-state index is -0.242. The molecule has 3 heterocycles. The van der Waals surface area contributed by atoms with Crippen molar-refractivity contribution in [2.75, 3.05) is 6.54 Å². The van der Waals surface area contributed by atoms with Crippen LogP contribution in [-0.4, -0.2) is 33.7 Å². The quantitative estimate of drug-likeness (QED) is 0.877. The van der Waals surface area contributed by atoms with Crippen molar-refractivity contribution in [3.8, 4) is 11.3 Å². The average molecular weight is 357 g/mol. The molecule has 0 aliphatic carbocycles. The standard InChI is InChI=1S/C21H28FN3O/c1-20(2)11-16(12-21(3,4)24-20)25-9-8-18-17(13-25)19(23-26-18)14-6-5-7-15(22)10-14/h5-7,10,16,24H,8-9,11-13H2,1-4H3. The fourth-order valence-corrected chi connectivity index (χ4v) is 4.93. The molecule has 0 unspecified atom stereocenters. The molecule has 140 valence electrons. The van der Waals surface area contributed by atoms with Gasteiger partial charge in [-0.1, -0.05) is 17.3 Å². The highest BCUT2D eigenvalue weighted by molar-refractivity contribution is 5.63. The van der Waals surface area contributed by atoms with Crippen molar-refractivity contribution >= 4 is 0 Å². The van der Waals surface area contributed by atoms with Gasteiger partial charge in [-0.15, -0.1) is 0 Å². The number of aromatic nitrogens is 1. The first-order valence-electron chi connectivity index (χ1n) is 9.49. The Morgan fingerprint density at radius 1 is 1.19 bits per heavy atom. The Bertz CT molecular complexity index is 795. The largest absolute Gasteiger partial charge is 0.360 e. The molecule has 0 radical (unpaired) electrons. The second kappa shape index (κ2) is 6.17. The lowest BCUT2D eigenvalue weighted by molar-refractivity contribution is 0.0562. The Kier molecular flexibility index (Phi) is 4.20. The number of nitrogens with zero attached hydrogens (tertiary/aromatic N) is 2. The number of nitrogens with one attached hydrogen (secondary N) is 1. The molecule has 4 nitrogen and oxygen atoms in total. The molecular weight excluding hydrogens is 329 g/mol. The highest BCUT2D eigenvalue weighted by Crippen LogP contribution is 2.36. The number of hydrogen-bond donors (Lipinski definition) is 1. The van der Waals surface area contributed by atoms with Gasteiger partial charge >= 0.3 is 0 Å². The third-order valence-corrected chi connectivity index (χ3v) is 5.64. The van der Waals surface area contributed by atoms with Crippen molar-refractivity contribution in [1.29, 1.82) is 0 Å². The molecule has 0 atom stereocenters. The number of piperidine rings is 1. The van der Waals surface area contributed by atoms with Gasteiger partial charge in [-0.05, 0) is 52.7 Å². The van der Waals surface area contributed by atoms with Crippen LogP contribution in [0.2, 0.25) is 0 Å². The summed E-state index contributed by atoms with van der Waals surface area (Å²) in [6.07, 6.45) is 3.10. The lowest BCUT2D eigenvalue weighted by Gasteiger charge is -2.50. The summed E-state index contributed by atoms with van der Waals surface area (Å²) >= 11 is 0. The third kappa shape index (κ3) is 3.42. The number of halogens is 1. The molecule has 4 rings (SSSR count). The Labute approximate surface area is 154 Å². The maximum Gasteiger partial charge on any atom is 0.143 e. The van der Waals surface area contributed by atoms with Crippen LogP contribution < -0.4 is 5.32 Å². The van der Waals surface area contributed by atoms with E-state index in [1.807, 2.05) is 6.07 Å². The van der Waals surface area contributed by atoms with E-state index in [1.54, 1.807) is 6.07 Å². The Morgan fingerprint density at radius 2 is 1.92 bits per heavy atom. The van der Waals surface area contributed by atoms with Crippen LogP contribution in [0.15, 0.2) is 28.8 Å². The van der Waals surface area contributed by atoms with E-state index in [-0.39, 0.29) is 16.9 Å². The first kappa shape index (κ1) is 17.7. The van der Waals surface area contributed by atoms with Gasteiger partial charge in [0.25, 0.3) is 0 Å². The molecule has 1 saturated heterocycles. The van der Waals surface area contributed by atoms with Crippen LogP contribution >= 0.6 is 0 Å². The summed E-state index contributed by atoms with van der Waals surface area (Å²) in [6.45, 7) is 11.0. The van der Waals surface area contributed by atoms with Gasteiger partial charge < -0.3 is 9.84 Å². The molecule has 26 heavy (non-hydrogen) atoms. The molecule has 0 spiro atoms. The van der Waals surface area contributed by atoms with Gasteiger partial charge in [0, 0.05) is 47.8 Å². The smallest absolute Gasteiger partial charge is 0.143 e. The van der Waals surface area contributed by atoms with Crippen LogP contribution in [0.5, 0.6) is 0 Å². The summed E-state index contributed by atoms with van der Waals surface area (Å²) in [4.78, 5) is 2.56. The van der Waals surface area contributed by atoms with Crippen LogP contribution in [-0.2, 0) is 13.0 Å². The van der Waals surface area contributed by atoms with Gasteiger partial charge in [0.2, 0.25) is 0 Å². The van der Waals surface area contributed by atoms with Crippen LogP contribution in [0.3, 0.4) is 0 Å². The minimum absolute atomic E-state index is 0.118. The zero-order valence-electron chi connectivity index (χ0n) is 16.1. The predicted octanol–water partition coefficient (Wildman–Crippen LogP) is 4.15. The monoisotopic (exact) mass is 357 g/mol. The van der Waals surface area contributed by atoms with Crippen LogP contribution in [0.4, 0.5) is 4.39 Å². The Morgan fingerprint density at radius 3 is 2.62 bits per heavy atom. The van der Waals surface area contributed by atoms with Crippen LogP contribution in [0.1, 0.15) is 51.9 Å². The molecule has 2 aromatic rings. The Balaban J connectivity index is 1.61. The first-order valence-corrected chi connectivity index (χ1v) is 9.49. The lowest BCUT2D eigenvalue weighted by atomic mass is 9.78. The minimum Gasteiger partial charge on any atom is -0.360 e. The molecule has 1 fully saturated rings. The fraction of sp³-hybridized carbons (Fsp3) is 0.571. The molecule has 0 amide bonds. The van der Waals surface area contributed by atoms with E-state index in [0.717, 1.165) is 54.9 Å². The molecule has 0 bridgehead atoms. The summed E-state index contributed by atoms with van der Waals surface area (Å²) in [6, 6.07) is 7.14. The number of hydrogen-bond acceptors (Lipinski definition) is 4. The molecule has 2 aliphatic rings. The van der Waals surface area contributed by atoms with Crippen LogP contribution in [0, 0.1) is 5.82 Å². The maximum atomic E-state index is 13.7. The fourth-order valence-electron chi connectivity index (χ4n) is 4.93. The topological polar surface area (TPSA) is 41.3 Å². The van der Waals surface area contributed by atoms with E-state index in [1.165, 1.54) is 12.1 Å². The summed E-state index contributed by atoms with van der Waals surface area (Å²) in [7, 11) is 0. The van der Waals surface area contributed by atoms with Gasteiger partial charge in [0.1, 0.15) is 17.3 Å². The summed E-state index contributed by atoms with van der Waals surface area (Å²) in [5, 5.41) is 8.02. The third-order valence-electron chi connectivity index (χ3n) is 5.64. The first-order chi connectivity index (χ1) is 12.2. The molecule has 1 N–H and O–H groups in total. The molecule has 5 heteroatoms. The Hall–Kier alpha value is -1.72. The number of rotatable bonds is 2. The van der Waals surface area contributed by atoms with Gasteiger partial charge in [0.05, 0.1) is 0 Å². The number of benzene rings is 1. The highest BCUT2D eigenvalue weighted by Gasteiger charge is 2.41. The maximum absolute atomic E-state index is 13.7. The van der Waals surface area contributed by atoms with Crippen LogP contribution in [0.25, 0.3) is 11.3 Å². The zero-order valence-corrected chi connectivity index (χ0v) is 16.1. The van der Waals surface area contributed by atoms with Gasteiger partial charge in [0.15, 0.2) is 0 Å². The van der Waals surface area contributed by atoms with E-state index >= 15 is 0 Å². The van der Waals surface area contributed by atoms with Gasteiger partial charge in [-0.2, -0.15) is 0 Å². The molecule has 1 aromatic carbocycles. The lowest BCUT2D eigenvalue weighted by Crippen LogP contribution is -2.62. The molecular formula is C21H28FN3O. The highest BCUT2D eigenvalue weighted by atomic mass is 19.1. The van der Waals surface area contributed by atoms with Gasteiger partial charge in [-0.3, -0.25) is 4.90 Å². The molecule has 2 aliphatic heterocycles. The van der Waals surface area contributed by atoms with Crippen molar-refractivity contribution in [2.24, 2.45) is 0 Å². The van der Waals surface area contributed by atoms with Crippen molar-refractivity contribution < 1.29 is 8.91 Å². The zero-order chi connectivity index (χ0) is 18.5. The molecule has 0 saturated carbocycles. The van der Waals surface area contributed by atoms with Crippen molar-refractivity contribution in [3.63, 3.8) is 0 Å². The summed E-state index contributed by atoms with van der Waals surface area (Å²) in [5.74, 6) is 0.710. The van der Waals surface area contributed by atoms with E-state index in [4.69, 9.17) is 4.52 Å². The van der Waals surface area contributed by atoms with E-state index in [2.05, 4.69) is 43.1 Å². The predicted molar refractivity (Wildman–Crippen MR) is 100 cm³/mol.